The number of terminal acetylenes is 1. The molecule has 0 aromatic rings. The monoisotopic (exact) mass is 135 g/mol. The van der Waals surface area contributed by atoms with Gasteiger partial charge in [0, 0.05) is 13.0 Å². The Morgan fingerprint density at radius 3 is 2.38 bits per heavy atom. The first-order valence-corrected chi connectivity index (χ1v) is 2.13. The molecule has 0 rings (SSSR count). The van der Waals surface area contributed by atoms with Crippen molar-refractivity contribution in [3.05, 3.63) is 0 Å². The van der Waals surface area contributed by atoms with Crippen molar-refractivity contribution in [1.29, 1.82) is 0 Å². The zero-order valence-electron chi connectivity index (χ0n) is 4.50. The Balaban J connectivity index is 0. The second kappa shape index (κ2) is 6.77. The lowest BCUT2D eigenvalue weighted by atomic mass is 10.3. The zero-order chi connectivity index (χ0) is 5.70. The van der Waals surface area contributed by atoms with Gasteiger partial charge in [0.25, 0.3) is 0 Å². The predicted molar refractivity (Wildman–Crippen MR) is 35.8 cm³/mol. The van der Waals surface area contributed by atoms with Gasteiger partial charge in [0.2, 0.25) is 0 Å². The summed E-state index contributed by atoms with van der Waals surface area (Å²) in [6.45, 7) is 0.254. The summed E-state index contributed by atoms with van der Waals surface area (Å²) in [5.41, 5.74) is 5.01. The van der Waals surface area contributed by atoms with E-state index in [-0.39, 0.29) is 19.0 Å². The van der Waals surface area contributed by atoms with Crippen molar-refractivity contribution in [3.63, 3.8) is 0 Å². The van der Waals surface area contributed by atoms with Gasteiger partial charge in [-0.3, -0.25) is 0 Å². The molecule has 0 radical (unpaired) electrons. The Morgan fingerprint density at radius 2 is 2.25 bits per heavy atom. The van der Waals surface area contributed by atoms with Crippen LogP contribution in [0.2, 0.25) is 0 Å². The quantitative estimate of drug-likeness (QED) is 0.513. The van der Waals surface area contributed by atoms with Crippen molar-refractivity contribution in [2.24, 2.45) is 5.73 Å². The summed E-state index contributed by atoms with van der Waals surface area (Å²) < 4.78 is 0. The molecule has 1 unspecified atom stereocenters. The maximum Gasteiger partial charge on any atom is 0.0771 e. The van der Waals surface area contributed by atoms with Crippen LogP contribution in [-0.2, 0) is 0 Å². The van der Waals surface area contributed by atoms with Gasteiger partial charge >= 0.3 is 0 Å². The number of aliphatic hydroxyl groups excluding tert-OH is 1. The molecule has 2 nitrogen and oxygen atoms in total. The van der Waals surface area contributed by atoms with E-state index in [9.17, 15) is 0 Å². The van der Waals surface area contributed by atoms with E-state index in [2.05, 4.69) is 5.92 Å². The lowest BCUT2D eigenvalue weighted by Crippen LogP contribution is -2.18. The molecule has 3 N–H and O–H groups in total. The average Bonchev–Trinajstić information content (AvgIpc) is 1.68. The summed E-state index contributed by atoms with van der Waals surface area (Å²) in [7, 11) is 0. The summed E-state index contributed by atoms with van der Waals surface area (Å²) in [6, 6.07) is 0. The first-order chi connectivity index (χ1) is 3.31. The Kier molecular flexibility index (Phi) is 9.05. The molecule has 3 heteroatoms. The first kappa shape index (κ1) is 10.7. The molecular weight excluding hydrogens is 126 g/mol. The smallest absolute Gasteiger partial charge is 0.0771 e. The van der Waals surface area contributed by atoms with Crippen molar-refractivity contribution in [2.45, 2.75) is 12.5 Å². The van der Waals surface area contributed by atoms with Crippen LogP contribution in [0, 0.1) is 12.3 Å². The predicted octanol–water partition coefficient (Wildman–Crippen LogP) is -0.249. The lowest BCUT2D eigenvalue weighted by Gasteiger charge is -1.98. The Hall–Kier alpha value is -0.230. The van der Waals surface area contributed by atoms with Crippen molar-refractivity contribution >= 4 is 12.4 Å². The van der Waals surface area contributed by atoms with Crippen LogP contribution in [0.1, 0.15) is 6.42 Å². The largest absolute Gasteiger partial charge is 0.391 e. The Bertz CT molecular complexity index is 79.0. The van der Waals surface area contributed by atoms with Gasteiger partial charge < -0.3 is 10.8 Å². The van der Waals surface area contributed by atoms with Gasteiger partial charge in [-0.2, -0.15) is 0 Å². The molecule has 0 fully saturated rings. The fourth-order valence-electron chi connectivity index (χ4n) is 0.219. The minimum Gasteiger partial charge on any atom is -0.391 e. The van der Waals surface area contributed by atoms with E-state index in [1.54, 1.807) is 0 Å². The molecule has 8 heavy (non-hydrogen) atoms. The Labute approximate surface area is 55.5 Å². The lowest BCUT2D eigenvalue weighted by molar-refractivity contribution is 0.189. The van der Waals surface area contributed by atoms with Crippen LogP contribution in [0.3, 0.4) is 0 Å². The van der Waals surface area contributed by atoms with Gasteiger partial charge in [0.05, 0.1) is 6.10 Å². The normalized spacial score (nSPS) is 11.1. The van der Waals surface area contributed by atoms with Gasteiger partial charge in [-0.15, -0.1) is 24.8 Å². The number of hydrogen-bond donors (Lipinski definition) is 2. The van der Waals surface area contributed by atoms with Gasteiger partial charge in [-0.25, -0.2) is 0 Å². The van der Waals surface area contributed by atoms with Crippen LogP contribution in [0.15, 0.2) is 0 Å². The molecule has 0 bridgehead atoms. The minimum atomic E-state index is -0.509. The Morgan fingerprint density at radius 1 is 1.75 bits per heavy atom. The third-order valence-corrected chi connectivity index (χ3v) is 0.626. The highest BCUT2D eigenvalue weighted by atomic mass is 35.5. The molecule has 0 aromatic carbocycles. The SMILES string of the molecule is C#CCC(O)CN.Cl. The van der Waals surface area contributed by atoms with Gasteiger partial charge in [0.15, 0.2) is 0 Å². The van der Waals surface area contributed by atoms with E-state index in [0.717, 1.165) is 0 Å². The molecule has 48 valence electrons. The van der Waals surface area contributed by atoms with Crippen LogP contribution in [0.5, 0.6) is 0 Å². The minimum absolute atomic E-state index is 0. The second-order valence-electron chi connectivity index (χ2n) is 1.30. The molecular formula is C5H10ClNO. The third-order valence-electron chi connectivity index (χ3n) is 0.626. The number of aliphatic hydroxyl groups is 1. The van der Waals surface area contributed by atoms with Crippen LogP contribution < -0.4 is 5.73 Å². The van der Waals surface area contributed by atoms with Crippen molar-refractivity contribution in [2.75, 3.05) is 6.54 Å². The van der Waals surface area contributed by atoms with E-state index in [0.29, 0.717) is 6.42 Å². The van der Waals surface area contributed by atoms with Gasteiger partial charge in [-0.05, 0) is 0 Å². The summed E-state index contributed by atoms with van der Waals surface area (Å²) in [5.74, 6) is 2.29. The molecule has 0 aliphatic carbocycles. The second-order valence-corrected chi connectivity index (χ2v) is 1.30. The summed E-state index contributed by atoms with van der Waals surface area (Å²) in [6.07, 6.45) is 4.69. The zero-order valence-corrected chi connectivity index (χ0v) is 5.32. The fraction of sp³-hybridized carbons (Fsp3) is 0.600. The fourth-order valence-corrected chi connectivity index (χ4v) is 0.219. The maximum atomic E-state index is 8.59. The average molecular weight is 136 g/mol. The first-order valence-electron chi connectivity index (χ1n) is 2.13. The van der Waals surface area contributed by atoms with Crippen molar-refractivity contribution in [1.82, 2.24) is 0 Å². The summed E-state index contributed by atoms with van der Waals surface area (Å²) in [4.78, 5) is 0. The van der Waals surface area contributed by atoms with E-state index >= 15 is 0 Å². The number of halogens is 1. The van der Waals surface area contributed by atoms with Crippen LogP contribution in [0.25, 0.3) is 0 Å². The molecule has 0 aliphatic heterocycles. The van der Waals surface area contributed by atoms with E-state index < -0.39 is 6.10 Å². The summed E-state index contributed by atoms with van der Waals surface area (Å²) in [5, 5.41) is 8.59. The standard InChI is InChI=1S/C5H9NO.ClH/c1-2-3-5(7)4-6;/h1,5,7H,3-4,6H2;1H. The third kappa shape index (κ3) is 5.77. The molecule has 0 amide bonds. The molecule has 0 heterocycles. The molecule has 0 saturated carbocycles. The topological polar surface area (TPSA) is 46.2 Å². The van der Waals surface area contributed by atoms with Gasteiger partial charge in [-0.1, -0.05) is 0 Å². The number of rotatable bonds is 2. The number of hydrogen-bond acceptors (Lipinski definition) is 2. The molecule has 0 aromatic heterocycles. The molecule has 0 aliphatic rings. The van der Waals surface area contributed by atoms with Crippen molar-refractivity contribution < 1.29 is 5.11 Å². The molecule has 0 spiro atoms. The molecule has 0 saturated heterocycles. The van der Waals surface area contributed by atoms with Crippen LogP contribution in [0.4, 0.5) is 0 Å². The van der Waals surface area contributed by atoms with Crippen LogP contribution in [-0.4, -0.2) is 17.8 Å². The highest BCUT2D eigenvalue weighted by molar-refractivity contribution is 5.85. The highest BCUT2D eigenvalue weighted by Crippen LogP contribution is 1.82. The van der Waals surface area contributed by atoms with Crippen LogP contribution >= 0.6 is 12.4 Å². The van der Waals surface area contributed by atoms with E-state index in [1.807, 2.05) is 0 Å². The number of nitrogens with two attached hydrogens (primary N) is 1. The van der Waals surface area contributed by atoms with E-state index in [4.69, 9.17) is 17.3 Å². The maximum absolute atomic E-state index is 8.59. The van der Waals surface area contributed by atoms with Crippen molar-refractivity contribution in [3.8, 4) is 12.3 Å². The molecule has 1 atom stereocenters. The van der Waals surface area contributed by atoms with Gasteiger partial charge in [0.1, 0.15) is 0 Å². The summed E-state index contributed by atoms with van der Waals surface area (Å²) >= 11 is 0. The highest BCUT2D eigenvalue weighted by Gasteiger charge is 1.93. The van der Waals surface area contributed by atoms with E-state index in [1.165, 1.54) is 0 Å².